The zero-order valence-corrected chi connectivity index (χ0v) is 12.7. The molecule has 0 aliphatic rings. The van der Waals surface area contributed by atoms with Crippen molar-refractivity contribution in [3.05, 3.63) is 0 Å². The molecule has 3 N–H and O–H groups in total. The van der Waals surface area contributed by atoms with E-state index in [0.717, 1.165) is 0 Å². The van der Waals surface area contributed by atoms with Gasteiger partial charge in [0.1, 0.15) is 24.9 Å². The minimum atomic E-state index is -5.47. The largest absolute Gasteiger partial charge is 0.790 e. The third-order valence-corrected chi connectivity index (χ3v) is 2.73. The van der Waals surface area contributed by atoms with Crippen LogP contribution in [0.25, 0.3) is 0 Å². The summed E-state index contributed by atoms with van der Waals surface area (Å²) >= 11 is 0. The molecule has 0 fully saturated rings. The molecular formula is C6H10CoO12P2-4. The summed E-state index contributed by atoms with van der Waals surface area (Å²) in [5.41, 5.74) is 0. The minimum Gasteiger partial charge on any atom is -0.790 e. The van der Waals surface area contributed by atoms with Crippen LogP contribution in [0.2, 0.25) is 0 Å². The number of carbonyl (C=O) groups excluding carboxylic acids is 1. The second kappa shape index (κ2) is 9.42. The number of Topliss-reactive ketones (excluding diaryl/α,β-unsaturated/α-hetero) is 1. The van der Waals surface area contributed by atoms with Gasteiger partial charge >= 0.3 is 0 Å². The van der Waals surface area contributed by atoms with Gasteiger partial charge in [-0.15, -0.1) is 0 Å². The Labute approximate surface area is 128 Å². The van der Waals surface area contributed by atoms with Crippen molar-refractivity contribution in [3.63, 3.8) is 0 Å². The van der Waals surface area contributed by atoms with E-state index in [1.54, 1.807) is 0 Å². The third-order valence-electron chi connectivity index (χ3n) is 1.82. The molecule has 1 radical (unpaired) electrons. The van der Waals surface area contributed by atoms with Gasteiger partial charge in [-0.1, -0.05) is 0 Å². The van der Waals surface area contributed by atoms with Crippen molar-refractivity contribution >= 4 is 21.4 Å². The fraction of sp³-hybridized carbons (Fsp3) is 0.833. The molecule has 15 heteroatoms. The van der Waals surface area contributed by atoms with Gasteiger partial charge in [0.15, 0.2) is 5.78 Å². The summed E-state index contributed by atoms with van der Waals surface area (Å²) < 4.78 is 27.3. The van der Waals surface area contributed by atoms with Gasteiger partial charge < -0.3 is 53.1 Å². The van der Waals surface area contributed by atoms with Crippen molar-refractivity contribution in [1.82, 2.24) is 0 Å². The second-order valence-corrected chi connectivity index (χ2v) is 5.74. The van der Waals surface area contributed by atoms with Gasteiger partial charge in [-0.25, -0.2) is 0 Å². The van der Waals surface area contributed by atoms with E-state index in [2.05, 4.69) is 9.05 Å². The van der Waals surface area contributed by atoms with Crippen LogP contribution in [0.5, 0.6) is 0 Å². The summed E-state index contributed by atoms with van der Waals surface area (Å²) in [6, 6.07) is 0. The normalized spacial score (nSPS) is 16.7. The van der Waals surface area contributed by atoms with E-state index in [4.69, 9.17) is 10.2 Å². The summed E-state index contributed by atoms with van der Waals surface area (Å²) in [5.74, 6) is -1.48. The van der Waals surface area contributed by atoms with Crippen LogP contribution in [0.1, 0.15) is 0 Å². The third kappa shape index (κ3) is 11.5. The molecule has 12 nitrogen and oxygen atoms in total. The number of aliphatic hydroxyl groups is 3. The molecule has 0 saturated carbocycles. The van der Waals surface area contributed by atoms with Gasteiger partial charge in [0, 0.05) is 16.8 Å². The van der Waals surface area contributed by atoms with Crippen LogP contribution in [0.4, 0.5) is 0 Å². The SMILES string of the molecule is O=C(COP(=O)([O-])[O-])C(O)C(O)C(O)COP(=O)([O-])[O-].[Co]. The van der Waals surface area contributed by atoms with Gasteiger partial charge in [0.25, 0.3) is 0 Å². The number of ketones is 1. The van der Waals surface area contributed by atoms with Crippen LogP contribution in [-0.4, -0.2) is 52.6 Å². The molecule has 0 aromatic rings. The number of aliphatic hydroxyl groups excluding tert-OH is 3. The maximum atomic E-state index is 11.1. The Kier molecular flexibility index (Phi) is 10.6. The number of hydrogen-bond acceptors (Lipinski definition) is 12. The first kappa shape index (κ1) is 23.5. The maximum absolute atomic E-state index is 11.1. The Morgan fingerprint density at radius 1 is 1.00 bits per heavy atom. The van der Waals surface area contributed by atoms with Crippen LogP contribution in [0.15, 0.2) is 0 Å². The second-order valence-electron chi connectivity index (χ2n) is 3.43. The first-order valence-corrected chi connectivity index (χ1v) is 7.65. The molecule has 0 rings (SSSR count). The van der Waals surface area contributed by atoms with E-state index in [0.29, 0.717) is 0 Å². The fourth-order valence-corrected chi connectivity index (χ4v) is 1.52. The topological polar surface area (TPSA) is 223 Å². The summed E-state index contributed by atoms with van der Waals surface area (Å²) in [5, 5.41) is 27.5. The molecule has 21 heavy (non-hydrogen) atoms. The summed E-state index contributed by atoms with van der Waals surface area (Å²) in [6.45, 7) is -2.63. The van der Waals surface area contributed by atoms with Gasteiger partial charge in [-0.3, -0.25) is 4.79 Å². The average Bonchev–Trinajstić information content (AvgIpc) is 2.29. The summed E-state index contributed by atoms with van der Waals surface area (Å²) in [6.07, 6.45) is -6.83. The predicted molar refractivity (Wildman–Crippen MR) is 50.1 cm³/mol. The quantitative estimate of drug-likeness (QED) is 0.311. The van der Waals surface area contributed by atoms with Crippen LogP contribution < -0.4 is 19.6 Å². The zero-order chi connectivity index (χ0) is 16.1. The van der Waals surface area contributed by atoms with Crippen molar-refractivity contribution in [2.24, 2.45) is 0 Å². The molecule has 0 spiro atoms. The molecular weight excluding hydrogens is 385 g/mol. The number of hydrogen-bond donors (Lipinski definition) is 3. The van der Waals surface area contributed by atoms with Gasteiger partial charge in [-0.2, -0.15) is 0 Å². The molecule has 0 bridgehead atoms. The fourth-order valence-electron chi connectivity index (χ4n) is 0.895. The number of carbonyl (C=O) groups is 1. The number of phosphoric ester groups is 2. The number of rotatable bonds is 9. The molecule has 0 heterocycles. The average molecular weight is 395 g/mol. The predicted octanol–water partition coefficient (Wildman–Crippen LogP) is -5.67. The van der Waals surface area contributed by atoms with Crippen molar-refractivity contribution in [1.29, 1.82) is 0 Å². The van der Waals surface area contributed by atoms with Crippen molar-refractivity contribution in [2.75, 3.05) is 13.2 Å². The van der Waals surface area contributed by atoms with Crippen molar-refractivity contribution in [3.8, 4) is 0 Å². The van der Waals surface area contributed by atoms with Crippen LogP contribution in [-0.2, 0) is 39.8 Å². The Bertz CT molecular complexity index is 416. The van der Waals surface area contributed by atoms with E-state index < -0.39 is 53.0 Å². The van der Waals surface area contributed by atoms with Crippen LogP contribution in [0.3, 0.4) is 0 Å². The van der Waals surface area contributed by atoms with Gasteiger partial charge in [-0.05, 0) is 0 Å². The van der Waals surface area contributed by atoms with E-state index in [9.17, 15) is 38.6 Å². The van der Waals surface area contributed by atoms with Crippen molar-refractivity contribution < 1.29 is 74.6 Å². The van der Waals surface area contributed by atoms with E-state index in [1.165, 1.54) is 0 Å². The Balaban J connectivity index is 0. The molecule has 3 unspecified atom stereocenters. The van der Waals surface area contributed by atoms with Crippen molar-refractivity contribution in [2.45, 2.75) is 18.3 Å². The molecule has 0 aromatic heterocycles. The number of phosphoric acid groups is 2. The minimum absolute atomic E-state index is 0. The Hall–Kier alpha value is 0.276. The first-order valence-electron chi connectivity index (χ1n) is 4.73. The molecule has 0 aromatic carbocycles. The van der Waals surface area contributed by atoms with E-state index in [-0.39, 0.29) is 16.8 Å². The van der Waals surface area contributed by atoms with E-state index in [1.807, 2.05) is 0 Å². The van der Waals surface area contributed by atoms with Gasteiger partial charge in [0.05, 0.1) is 22.3 Å². The molecule has 129 valence electrons. The summed E-state index contributed by atoms with van der Waals surface area (Å²) in [4.78, 5) is 51.4. The standard InChI is InChI=1S/C6H14O12P2.Co/c7-3(1-17-19(11,12)13)5(9)6(10)4(8)2-18-20(14,15)16;/h3,5-7,9-10H,1-2H2,(H2,11,12,13)(H2,14,15,16);/p-4. The maximum Gasteiger partial charge on any atom is 0.189 e. The molecule has 0 saturated heterocycles. The molecule has 0 amide bonds. The van der Waals surface area contributed by atoms with Gasteiger partial charge in [0.2, 0.25) is 0 Å². The molecule has 0 aliphatic carbocycles. The Morgan fingerprint density at radius 3 is 1.81 bits per heavy atom. The van der Waals surface area contributed by atoms with E-state index >= 15 is 0 Å². The monoisotopic (exact) mass is 395 g/mol. The zero-order valence-electron chi connectivity index (χ0n) is 9.89. The first-order chi connectivity index (χ1) is 8.83. The molecule has 3 atom stereocenters. The smallest absolute Gasteiger partial charge is 0.189 e. The Morgan fingerprint density at radius 2 is 1.43 bits per heavy atom. The summed E-state index contributed by atoms with van der Waals surface area (Å²) in [7, 11) is -10.9. The van der Waals surface area contributed by atoms with Crippen LogP contribution >= 0.6 is 15.6 Å². The van der Waals surface area contributed by atoms with Crippen LogP contribution in [0, 0.1) is 0 Å². The molecule has 0 aliphatic heterocycles.